The smallest absolute Gasteiger partial charge is 0.425 e. The van der Waals surface area contributed by atoms with Gasteiger partial charge in [0, 0.05) is 89.7 Å². The molecule has 0 radical (unpaired) electrons. The molecule has 0 aliphatic carbocycles. The molecular formula is C97H71N9O18S3. The Morgan fingerprint density at radius 2 is 0.559 bits per heavy atom. The van der Waals surface area contributed by atoms with Gasteiger partial charge in [0.2, 0.25) is 0 Å². The topological polar surface area (TPSA) is 415 Å². The summed E-state index contributed by atoms with van der Waals surface area (Å²) in [6.45, 7) is 0. The molecule has 0 saturated carbocycles. The molecule has 16 aromatic carbocycles. The number of fused-ring (bicyclic) bond motifs is 16. The number of aromatic hydroxyl groups is 3. The number of carbonyl (C=O) groups excluding carboxylic acids is 3. The van der Waals surface area contributed by atoms with Crippen LogP contribution in [0.25, 0.3) is 109 Å². The summed E-state index contributed by atoms with van der Waals surface area (Å²) in [6.07, 6.45) is 0.386. The Hall–Kier alpha value is -16.6. The normalized spacial score (nSPS) is 11.1. The van der Waals surface area contributed by atoms with Gasteiger partial charge in [0.1, 0.15) is 34.3 Å². The summed E-state index contributed by atoms with van der Waals surface area (Å²) in [5.74, 6) is 0.961. The van der Waals surface area contributed by atoms with Crippen molar-refractivity contribution in [2.24, 2.45) is 30.7 Å². The molecule has 0 aliphatic rings. The minimum absolute atomic E-state index is 0.123. The first kappa shape index (κ1) is 86.8. The van der Waals surface area contributed by atoms with E-state index >= 15 is 0 Å². The number of hydrogen-bond donors (Lipinski definition) is 6. The number of aromatic amines is 3. The molecule has 6 N–H and O–H groups in total. The number of phenolic OH excluding ortho intramolecular Hbond substituents is 3. The number of methoxy groups -OCH3 is 3. The fourth-order valence-corrected chi connectivity index (χ4v) is 14.9. The number of Topliss-reactive ketones (excluding diaryl/α,β-unsaturated/α-hetero) is 3. The predicted octanol–water partition coefficient (Wildman–Crippen LogP) is 22.2. The summed E-state index contributed by atoms with van der Waals surface area (Å²) in [5.41, 5.74) is 11.3. The Morgan fingerprint density at radius 1 is 0.283 bits per heavy atom. The Balaban J connectivity index is 0.000000145. The van der Waals surface area contributed by atoms with Crippen molar-refractivity contribution in [1.82, 2.24) is 15.0 Å². The highest BCUT2D eigenvalue weighted by Crippen LogP contribution is 2.49. The lowest BCUT2D eigenvalue weighted by molar-refractivity contribution is 0.0982. The highest BCUT2D eigenvalue weighted by Gasteiger charge is 2.26. The number of ketones is 3. The van der Waals surface area contributed by atoms with Gasteiger partial charge in [-0.1, -0.05) is 200 Å². The van der Waals surface area contributed by atoms with Gasteiger partial charge < -0.3 is 44.5 Å². The highest BCUT2D eigenvalue weighted by molar-refractivity contribution is 7.59. The molecule has 27 nitrogen and oxygen atoms in total. The molecule has 3 aromatic heterocycles. The average molecular weight is 1750 g/mol. The van der Waals surface area contributed by atoms with Crippen LogP contribution in [0.15, 0.2) is 334 Å². The summed E-state index contributed by atoms with van der Waals surface area (Å²) >= 11 is 0. The Bertz CT molecular complexity index is 7580. The second-order valence-corrected chi connectivity index (χ2v) is 29.6. The van der Waals surface area contributed by atoms with Crippen LogP contribution in [-0.2, 0) is 51.1 Å². The molecule has 0 aliphatic heterocycles. The van der Waals surface area contributed by atoms with E-state index in [1.54, 1.807) is 39.5 Å². The molecule has 127 heavy (non-hydrogen) atoms. The van der Waals surface area contributed by atoms with Crippen molar-refractivity contribution in [2.75, 3.05) is 21.3 Å². The van der Waals surface area contributed by atoms with E-state index in [0.717, 1.165) is 121 Å². The minimum atomic E-state index is -3.11. The quantitative estimate of drug-likeness (QED) is 0.0343. The third-order valence-corrected chi connectivity index (χ3v) is 20.7. The second-order valence-electron chi connectivity index (χ2n) is 28.4. The van der Waals surface area contributed by atoms with Gasteiger partial charge in [-0.3, -0.25) is 14.4 Å². The first-order valence-corrected chi connectivity index (χ1v) is 41.7. The number of hydrogen-bond acceptors (Lipinski definition) is 24. The molecule has 0 fully saturated rings. The largest absolute Gasteiger partial charge is 0.505 e. The molecule has 630 valence electrons. The van der Waals surface area contributed by atoms with Gasteiger partial charge in [-0.05, 0) is 141 Å². The van der Waals surface area contributed by atoms with Gasteiger partial charge in [-0.15, -0.1) is 58.3 Å². The van der Waals surface area contributed by atoms with Crippen molar-refractivity contribution in [3.63, 3.8) is 0 Å². The van der Waals surface area contributed by atoms with Crippen molar-refractivity contribution >= 4 is 192 Å². The summed E-state index contributed by atoms with van der Waals surface area (Å²) in [5, 5.41) is 74.2. The molecule has 0 amide bonds. The summed E-state index contributed by atoms with van der Waals surface area (Å²) < 4.78 is 91.7. The number of H-pyrrole nitrogens is 3. The van der Waals surface area contributed by atoms with Crippen molar-refractivity contribution < 1.29 is 81.8 Å². The standard InChI is InChI=1S/C35H25N3O3.2C31H23N3O3.3O3S/c1-41-24-16-13-21(14-17-24)19-31(39)28-20-23-15-18-27-26-10-4-5-11-29(26)36-33(27)32(23)34(35(28)40)38-37-30-12-6-8-22-7-2-3-9-25(22)30;2*1-37-22-14-11-19(12-15-22)17-27(35)25-18-20-13-16-24-23-9-5-6-10-26(23)32-29(24)28(20)30(31(25)36)34-33-21-7-3-2-4-8-21;3*1-4(2)3/h2-18,20,36,40H,19H2,1H3;2*2-16,18,32,36H,17H2,1H3;;;. The number of benzene rings is 16. The van der Waals surface area contributed by atoms with Gasteiger partial charge in [0.15, 0.2) is 34.6 Å². The zero-order chi connectivity index (χ0) is 89.4. The molecule has 0 spiro atoms. The zero-order valence-electron chi connectivity index (χ0n) is 67.4. The number of rotatable bonds is 18. The van der Waals surface area contributed by atoms with Gasteiger partial charge >= 0.3 is 31.8 Å². The van der Waals surface area contributed by atoms with Crippen molar-refractivity contribution in [2.45, 2.75) is 19.3 Å². The van der Waals surface area contributed by atoms with Crippen molar-refractivity contribution in [3.8, 4) is 34.5 Å². The number of nitrogens with one attached hydrogen (secondary N) is 3. The molecule has 3 heterocycles. The third kappa shape index (κ3) is 20.0. The molecular weight excluding hydrogens is 1680 g/mol. The lowest BCUT2D eigenvalue weighted by atomic mass is 9.96. The first-order chi connectivity index (χ1) is 61.5. The summed E-state index contributed by atoms with van der Waals surface area (Å²) in [4.78, 5) is 50.8. The maximum absolute atomic E-state index is 13.6. The van der Waals surface area contributed by atoms with Crippen LogP contribution in [0.2, 0.25) is 0 Å². The van der Waals surface area contributed by atoms with Crippen LogP contribution < -0.4 is 14.2 Å². The average Bonchev–Trinajstić information content (AvgIpc) is 1.65. The third-order valence-electron chi connectivity index (χ3n) is 20.7. The fourth-order valence-electron chi connectivity index (χ4n) is 14.9. The lowest BCUT2D eigenvalue weighted by Gasteiger charge is -2.12. The molecule has 30 heteroatoms. The first-order valence-electron chi connectivity index (χ1n) is 38.7. The molecule has 19 aromatic rings. The number of azo groups is 3. The van der Waals surface area contributed by atoms with E-state index in [1.807, 2.05) is 267 Å². The van der Waals surface area contributed by atoms with Crippen molar-refractivity contribution in [1.29, 1.82) is 0 Å². The van der Waals surface area contributed by atoms with Gasteiger partial charge in [-0.25, -0.2) is 0 Å². The maximum atomic E-state index is 13.6. The number of phenols is 3. The van der Waals surface area contributed by atoms with Crippen LogP contribution in [0.1, 0.15) is 47.8 Å². The SMILES string of the molecule is COc1ccc(CC(=O)c2cc3ccc4c5ccccc5[nH]c4c3c(N=Nc3cccc4ccccc34)c2O)cc1.COc1ccc(CC(=O)c2cc3ccc4c5ccccc5[nH]c4c3c(N=Nc3ccccc3)c2O)cc1.COc1ccc(CC(=O)c2cc3ccc4c5ccccc5[nH]c4c3c(N=Nc3ccccc3)c2O)cc1.O=S(=O)=O.O=S(=O)=O.O=S(=O)=O. The van der Waals surface area contributed by atoms with Crippen LogP contribution >= 0.6 is 0 Å². The van der Waals surface area contributed by atoms with Gasteiger partial charge in [0.05, 0.1) is 71.6 Å². The number of para-hydroxylation sites is 3. The number of ether oxygens (including phenoxy) is 3. The number of nitrogens with zero attached hydrogens (tertiary/aromatic N) is 6. The number of carbonyl (C=O) groups is 3. The highest BCUT2D eigenvalue weighted by atomic mass is 32.2. The Labute approximate surface area is 726 Å². The van der Waals surface area contributed by atoms with Crippen molar-refractivity contribution in [3.05, 3.63) is 337 Å². The maximum Gasteiger partial charge on any atom is 0.425 e. The zero-order valence-corrected chi connectivity index (χ0v) is 69.8. The van der Waals surface area contributed by atoms with Crippen LogP contribution in [0.5, 0.6) is 34.5 Å². The van der Waals surface area contributed by atoms with Gasteiger partial charge in [-0.2, -0.15) is 10.2 Å². The molecule has 0 bridgehead atoms. The lowest BCUT2D eigenvalue weighted by Crippen LogP contribution is -2.04. The van der Waals surface area contributed by atoms with E-state index in [1.165, 1.54) is 0 Å². The molecule has 0 saturated heterocycles. The molecule has 0 unspecified atom stereocenters. The van der Waals surface area contributed by atoms with E-state index in [0.29, 0.717) is 39.0 Å². The van der Waals surface area contributed by atoms with E-state index in [-0.39, 0.29) is 87.6 Å². The van der Waals surface area contributed by atoms with E-state index < -0.39 is 31.8 Å². The van der Waals surface area contributed by atoms with E-state index in [2.05, 4.69) is 63.8 Å². The Morgan fingerprint density at radius 3 is 0.874 bits per heavy atom. The summed E-state index contributed by atoms with van der Waals surface area (Å²) in [6, 6.07) is 95.8. The van der Waals surface area contributed by atoms with Gasteiger partial charge in [0.25, 0.3) is 0 Å². The predicted molar refractivity (Wildman–Crippen MR) is 486 cm³/mol. The number of aromatic nitrogens is 3. The second kappa shape index (κ2) is 39.5. The fraction of sp³-hybridized carbons (Fsp3) is 0.0619. The summed E-state index contributed by atoms with van der Waals surface area (Å²) in [7, 11) is -4.53. The van der Waals surface area contributed by atoms with Crippen LogP contribution in [0.3, 0.4) is 0 Å². The van der Waals surface area contributed by atoms with E-state index in [4.69, 9.17) is 52.1 Å². The van der Waals surface area contributed by atoms with E-state index in [9.17, 15) is 29.7 Å². The molecule has 0 atom stereocenters. The van der Waals surface area contributed by atoms with Crippen LogP contribution in [0.4, 0.5) is 34.1 Å². The Kier molecular flexibility index (Phi) is 27.0. The minimum Gasteiger partial charge on any atom is -0.505 e. The monoisotopic (exact) mass is 1750 g/mol. The van der Waals surface area contributed by atoms with Crippen LogP contribution in [0, 0.1) is 0 Å². The van der Waals surface area contributed by atoms with Crippen LogP contribution in [-0.4, -0.2) is 107 Å². The molecule has 19 rings (SSSR count).